The summed E-state index contributed by atoms with van der Waals surface area (Å²) in [5, 5.41) is 0. The zero-order valence-corrected chi connectivity index (χ0v) is 19.4. The lowest BCUT2D eigenvalue weighted by Crippen LogP contribution is -2.25. The van der Waals surface area contributed by atoms with Crippen LogP contribution in [0.15, 0.2) is 194 Å². The maximum atomic E-state index is 4.14. The van der Waals surface area contributed by atoms with Crippen molar-refractivity contribution in [3.05, 3.63) is 194 Å². The van der Waals surface area contributed by atoms with Gasteiger partial charge >= 0.3 is 0 Å². The highest BCUT2D eigenvalue weighted by Gasteiger charge is 2.52. The van der Waals surface area contributed by atoms with Gasteiger partial charge in [-0.25, -0.2) is 0 Å². The van der Waals surface area contributed by atoms with Crippen molar-refractivity contribution in [3.63, 3.8) is 0 Å². The molecule has 0 saturated heterocycles. The van der Waals surface area contributed by atoms with Gasteiger partial charge in [-0.1, -0.05) is 150 Å². The van der Waals surface area contributed by atoms with Crippen LogP contribution < -0.4 is 0 Å². The Balaban J connectivity index is 3.32. The minimum Gasteiger partial charge on any atom is -0.0991 e. The van der Waals surface area contributed by atoms with Gasteiger partial charge in [0.15, 0.2) is 0 Å². The van der Waals surface area contributed by atoms with Gasteiger partial charge in [-0.15, -0.1) is 0 Å². The van der Waals surface area contributed by atoms with Gasteiger partial charge in [-0.3, -0.25) is 0 Å². The van der Waals surface area contributed by atoms with Crippen molar-refractivity contribution in [2.24, 2.45) is 5.41 Å². The Morgan fingerprint density at radius 3 is 0.727 bits per heavy atom. The molecule has 0 aromatic heterocycles. The van der Waals surface area contributed by atoms with E-state index in [1.165, 1.54) is 0 Å². The van der Waals surface area contributed by atoms with Gasteiger partial charge in [0.1, 0.15) is 0 Å². The van der Waals surface area contributed by atoms with Crippen molar-refractivity contribution in [2.45, 2.75) is 0 Å². The minimum atomic E-state index is -0.655. The molecule has 2 rings (SSSR count). The Labute approximate surface area is 199 Å². The molecule has 2 aliphatic carbocycles. The fraction of sp³-hybridized carbons (Fsp3) is 0.0303. The molecule has 0 radical (unpaired) electrons. The van der Waals surface area contributed by atoms with E-state index in [2.05, 4.69) is 76.9 Å². The average molecular weight is 429 g/mol. The summed E-state index contributed by atoms with van der Waals surface area (Å²) in [6, 6.07) is 0. The zero-order valence-electron chi connectivity index (χ0n) is 19.4. The second-order valence-electron chi connectivity index (χ2n) is 7.26. The van der Waals surface area contributed by atoms with E-state index in [0.717, 1.165) is 44.6 Å². The van der Waals surface area contributed by atoms with Gasteiger partial charge in [0, 0.05) is 0 Å². The minimum absolute atomic E-state index is 0.655. The van der Waals surface area contributed by atoms with Crippen LogP contribution in [-0.2, 0) is 0 Å². The molecular formula is C33H32. The van der Waals surface area contributed by atoms with E-state index in [-0.39, 0.29) is 0 Å². The standard InChI is InChI=1S/C33H32/c1-9-17-21-29-25(13-5)26(14-6)30(22-18-10-2)33(29)31(23-19-11-3)27(15-7)28(16-8)32(33)24-20-12-4/h9-24H,1-8H2/b21-17-,22-18-,23-19-,24-20-. The summed E-state index contributed by atoms with van der Waals surface area (Å²) in [5.41, 5.74) is 7.66. The van der Waals surface area contributed by atoms with Crippen LogP contribution in [0.4, 0.5) is 0 Å². The summed E-state index contributed by atoms with van der Waals surface area (Å²) in [7, 11) is 0. The molecule has 2 aliphatic rings. The van der Waals surface area contributed by atoms with Gasteiger partial charge in [0.25, 0.3) is 0 Å². The van der Waals surface area contributed by atoms with Crippen LogP contribution in [0.1, 0.15) is 0 Å². The number of hydrogen-bond donors (Lipinski definition) is 0. The van der Waals surface area contributed by atoms with Crippen LogP contribution in [0, 0.1) is 5.41 Å². The van der Waals surface area contributed by atoms with Gasteiger partial charge < -0.3 is 0 Å². The van der Waals surface area contributed by atoms with E-state index < -0.39 is 5.41 Å². The van der Waals surface area contributed by atoms with E-state index in [1.54, 1.807) is 24.3 Å². The van der Waals surface area contributed by atoms with Crippen molar-refractivity contribution in [2.75, 3.05) is 0 Å². The Bertz CT molecular complexity index is 977. The maximum absolute atomic E-state index is 4.14. The molecule has 1 spiro atoms. The fourth-order valence-corrected chi connectivity index (χ4v) is 4.65. The highest BCUT2D eigenvalue weighted by atomic mass is 14.5. The van der Waals surface area contributed by atoms with Crippen LogP contribution in [0.25, 0.3) is 0 Å². The molecule has 0 heteroatoms. The van der Waals surface area contributed by atoms with E-state index in [9.17, 15) is 0 Å². The van der Waals surface area contributed by atoms with Crippen LogP contribution in [0.5, 0.6) is 0 Å². The molecule has 0 amide bonds. The Hall–Kier alpha value is -4.16. The number of allylic oxidation sites excluding steroid dienone is 24. The second-order valence-corrected chi connectivity index (χ2v) is 7.26. The summed E-state index contributed by atoms with van der Waals surface area (Å²) < 4.78 is 0. The first kappa shape index (κ1) is 25.1. The van der Waals surface area contributed by atoms with E-state index in [4.69, 9.17) is 0 Å². The SMILES string of the molecule is C=C/C=C\C1=C(C=C)C(C=C)=C(/C=C\C=C)C12C(/C=C\C=C)=C(C=C)C(C=C)=C2/C=C\C=C. The van der Waals surface area contributed by atoms with E-state index in [1.807, 2.05) is 48.6 Å². The van der Waals surface area contributed by atoms with Crippen LogP contribution >= 0.6 is 0 Å². The molecule has 0 N–H and O–H groups in total. The lowest BCUT2D eigenvalue weighted by molar-refractivity contribution is 0.692. The molecule has 33 heavy (non-hydrogen) atoms. The third-order valence-electron chi connectivity index (χ3n) is 5.77. The Kier molecular flexibility index (Phi) is 8.72. The van der Waals surface area contributed by atoms with Crippen molar-refractivity contribution in [1.29, 1.82) is 0 Å². The predicted octanol–water partition coefficient (Wildman–Crippen LogP) is 8.90. The van der Waals surface area contributed by atoms with E-state index in [0.29, 0.717) is 0 Å². The molecular weight excluding hydrogens is 396 g/mol. The molecule has 0 nitrogen and oxygen atoms in total. The largest absolute Gasteiger partial charge is 0.0991 e. The van der Waals surface area contributed by atoms with E-state index >= 15 is 0 Å². The zero-order chi connectivity index (χ0) is 24.4. The van der Waals surface area contributed by atoms with Crippen molar-refractivity contribution in [3.8, 4) is 0 Å². The maximum Gasteiger partial charge on any atom is 0.0725 e. The summed E-state index contributed by atoms with van der Waals surface area (Å²) in [5.74, 6) is 0. The third-order valence-corrected chi connectivity index (χ3v) is 5.77. The third kappa shape index (κ3) is 4.04. The number of rotatable bonds is 12. The average Bonchev–Trinajstić information content (AvgIpc) is 3.26. The summed E-state index contributed by atoms with van der Waals surface area (Å²) >= 11 is 0. The van der Waals surface area contributed by atoms with Crippen molar-refractivity contribution < 1.29 is 0 Å². The molecule has 0 aromatic rings. The first-order valence-electron chi connectivity index (χ1n) is 10.7. The summed E-state index contributed by atoms with van der Waals surface area (Å²) in [6.07, 6.45) is 30.8. The first-order valence-corrected chi connectivity index (χ1v) is 10.7. The highest BCUT2D eigenvalue weighted by Crippen LogP contribution is 2.63. The lowest BCUT2D eigenvalue weighted by atomic mass is 9.66. The topological polar surface area (TPSA) is 0 Å². The summed E-state index contributed by atoms with van der Waals surface area (Å²) in [4.78, 5) is 0. The molecule has 0 heterocycles. The second kappa shape index (κ2) is 11.5. The van der Waals surface area contributed by atoms with Crippen LogP contribution in [0.2, 0.25) is 0 Å². The summed E-state index contributed by atoms with van der Waals surface area (Å²) in [6.45, 7) is 32.1. The normalized spacial score (nSPS) is 17.9. The first-order chi connectivity index (χ1) is 16.1. The quantitative estimate of drug-likeness (QED) is 0.272. The molecule has 0 fully saturated rings. The molecule has 0 bridgehead atoms. The van der Waals surface area contributed by atoms with Crippen molar-refractivity contribution in [1.82, 2.24) is 0 Å². The van der Waals surface area contributed by atoms with Gasteiger partial charge in [-0.05, 0) is 44.6 Å². The highest BCUT2D eigenvalue weighted by molar-refractivity contribution is 5.82. The van der Waals surface area contributed by atoms with Crippen LogP contribution in [-0.4, -0.2) is 0 Å². The molecule has 0 aliphatic heterocycles. The molecule has 0 saturated carbocycles. The van der Waals surface area contributed by atoms with Gasteiger partial charge in [0.05, 0.1) is 5.41 Å². The smallest absolute Gasteiger partial charge is 0.0725 e. The Morgan fingerprint density at radius 1 is 0.364 bits per heavy atom. The van der Waals surface area contributed by atoms with Gasteiger partial charge in [-0.2, -0.15) is 0 Å². The lowest BCUT2D eigenvalue weighted by Gasteiger charge is -2.35. The fourth-order valence-electron chi connectivity index (χ4n) is 4.65. The molecule has 0 aromatic carbocycles. The molecule has 0 unspecified atom stereocenters. The monoisotopic (exact) mass is 428 g/mol. The molecule has 164 valence electrons. The van der Waals surface area contributed by atoms with Crippen LogP contribution in [0.3, 0.4) is 0 Å². The number of hydrogen-bond acceptors (Lipinski definition) is 0. The Morgan fingerprint density at radius 2 is 0.576 bits per heavy atom. The predicted molar refractivity (Wildman–Crippen MR) is 149 cm³/mol. The van der Waals surface area contributed by atoms with Crippen molar-refractivity contribution >= 4 is 0 Å². The van der Waals surface area contributed by atoms with Gasteiger partial charge in [0.2, 0.25) is 0 Å². The molecule has 0 atom stereocenters.